The number of hydrogen-bond donors (Lipinski definition) is 1. The maximum absolute atomic E-state index is 13.2. The number of methoxy groups -OCH3 is 6. The Morgan fingerprint density at radius 3 is 1.42 bits per heavy atom. The fourth-order valence-electron chi connectivity index (χ4n) is 15.2. The van der Waals surface area contributed by atoms with Crippen molar-refractivity contribution in [3.63, 3.8) is 0 Å². The lowest BCUT2D eigenvalue weighted by molar-refractivity contribution is -0.153. The van der Waals surface area contributed by atoms with E-state index in [1.807, 2.05) is 44.2 Å². The number of nitrogens with zero attached hydrogens (tertiary/aromatic N) is 17. The number of aryl methyl sites for hydroxylation is 3. The van der Waals surface area contributed by atoms with Crippen LogP contribution in [-0.2, 0) is 13.1 Å². The van der Waals surface area contributed by atoms with Crippen molar-refractivity contribution in [3.05, 3.63) is 221 Å². The zero-order valence-electron chi connectivity index (χ0n) is 71.8. The van der Waals surface area contributed by atoms with Gasteiger partial charge in [0.25, 0.3) is 47.7 Å². The van der Waals surface area contributed by atoms with Crippen molar-refractivity contribution < 1.29 is 111 Å². The molecule has 0 aromatic carbocycles. The minimum Gasteiger partial charge on any atom is -0.491 e. The molecule has 2 unspecified atom stereocenters. The van der Waals surface area contributed by atoms with Crippen molar-refractivity contribution in [1.82, 2.24) is 59.8 Å². The number of carbonyl (C=O) groups excluding carboxylic acids is 4. The first-order valence-corrected chi connectivity index (χ1v) is 40.2. The molecular formula is C90H82F9N17O15. The molecule has 0 aliphatic carbocycles. The first kappa shape index (κ1) is 92.0. The zero-order chi connectivity index (χ0) is 93.4. The van der Waals surface area contributed by atoms with Gasteiger partial charge in [0.15, 0.2) is 30.5 Å². The number of carbonyl (C=O) groups is 4. The van der Waals surface area contributed by atoms with Crippen LogP contribution in [0.25, 0.3) is 45.0 Å². The molecule has 1 fully saturated rings. The number of piperidine rings is 1. The van der Waals surface area contributed by atoms with Gasteiger partial charge in [-0.25, -0.2) is 43.7 Å². The van der Waals surface area contributed by atoms with Crippen LogP contribution in [0.5, 0.6) is 58.0 Å². The van der Waals surface area contributed by atoms with Gasteiger partial charge in [-0.2, -0.15) is 30.7 Å². The number of pyridine rings is 12. The van der Waals surface area contributed by atoms with Gasteiger partial charge in [-0.3, -0.25) is 53.9 Å². The third-order valence-corrected chi connectivity index (χ3v) is 21.4. The zero-order valence-corrected chi connectivity index (χ0v) is 71.8. The highest BCUT2D eigenvalue weighted by atomic mass is 19.4. The molecule has 131 heavy (non-hydrogen) atoms. The lowest BCUT2D eigenvalue weighted by Crippen LogP contribution is -2.36. The van der Waals surface area contributed by atoms with Crippen LogP contribution in [0.3, 0.4) is 0 Å². The summed E-state index contributed by atoms with van der Waals surface area (Å²) >= 11 is 0. The smallest absolute Gasteiger partial charge is 0.422 e. The average Bonchev–Trinajstić information content (AvgIpc) is 1.61. The van der Waals surface area contributed by atoms with E-state index in [9.17, 15) is 63.8 Å². The third kappa shape index (κ3) is 20.4. The molecule has 680 valence electrons. The van der Waals surface area contributed by atoms with Crippen LogP contribution < -0.4 is 71.9 Å². The number of rotatable bonds is 24. The lowest BCUT2D eigenvalue weighted by atomic mass is 10.0. The summed E-state index contributed by atoms with van der Waals surface area (Å²) in [6.45, 7) is 2.71. The van der Waals surface area contributed by atoms with Crippen LogP contribution >= 0.6 is 0 Å². The molecule has 0 radical (unpaired) electrons. The maximum atomic E-state index is 13.2. The summed E-state index contributed by atoms with van der Waals surface area (Å²) in [7, 11) is 9.10. The Balaban J connectivity index is 0.000000141. The minimum atomic E-state index is -4.48. The van der Waals surface area contributed by atoms with E-state index in [-0.39, 0.29) is 72.0 Å². The number of ether oxygens (including phenoxy) is 10. The molecule has 1 N–H and O–H groups in total. The molecule has 17 rings (SSSR count). The van der Waals surface area contributed by atoms with Gasteiger partial charge < -0.3 is 67.2 Å². The average molecular weight is 1810 g/mol. The molecule has 0 saturated carbocycles. The Morgan fingerprint density at radius 2 is 0.916 bits per heavy atom. The molecule has 5 aliphatic rings. The van der Waals surface area contributed by atoms with Crippen molar-refractivity contribution in [2.45, 2.75) is 105 Å². The predicted molar refractivity (Wildman–Crippen MR) is 456 cm³/mol. The molecule has 2 atom stereocenters. The van der Waals surface area contributed by atoms with Crippen LogP contribution in [0.15, 0.2) is 159 Å². The lowest BCUT2D eigenvalue weighted by Gasteiger charge is -2.31. The van der Waals surface area contributed by atoms with Gasteiger partial charge in [-0.15, -0.1) is 0 Å². The molecule has 17 heterocycles. The van der Waals surface area contributed by atoms with Crippen molar-refractivity contribution in [2.24, 2.45) is 0 Å². The number of aliphatic hydroxyl groups is 1. The normalized spacial score (nSPS) is 14.9. The molecule has 32 nitrogen and oxygen atoms in total. The Kier molecular flexibility index (Phi) is 27.8. The van der Waals surface area contributed by atoms with Gasteiger partial charge in [0.1, 0.15) is 23.1 Å². The first-order chi connectivity index (χ1) is 62.8. The Morgan fingerprint density at radius 1 is 0.443 bits per heavy atom. The monoisotopic (exact) mass is 1810 g/mol. The Labute approximate surface area is 741 Å². The fraction of sp³-hybridized carbons (Fsp3) is 0.289. The number of aliphatic hydroxyl groups excluding tert-OH is 1. The summed E-state index contributed by atoms with van der Waals surface area (Å²) < 4.78 is 162. The maximum Gasteiger partial charge on any atom is 0.422 e. The number of anilines is 5. The number of aromatic nitrogens is 12. The van der Waals surface area contributed by atoms with E-state index in [0.717, 1.165) is 61.0 Å². The molecular weight excluding hydrogens is 1730 g/mol. The summed E-state index contributed by atoms with van der Waals surface area (Å²) in [5, 5.41) is 9.74. The molecule has 5 aliphatic heterocycles. The number of alkyl halides is 9. The number of fused-ring (bicyclic) bond motifs is 4. The third-order valence-electron chi connectivity index (χ3n) is 21.4. The van der Waals surface area contributed by atoms with Crippen LogP contribution in [0.2, 0.25) is 0 Å². The van der Waals surface area contributed by atoms with E-state index >= 15 is 0 Å². The van der Waals surface area contributed by atoms with Crippen LogP contribution in [0.4, 0.5) is 68.1 Å². The van der Waals surface area contributed by atoms with Crippen molar-refractivity contribution in [1.29, 1.82) is 0 Å². The Hall–Kier alpha value is -15.2. The van der Waals surface area contributed by atoms with Gasteiger partial charge in [-0.05, 0) is 137 Å². The van der Waals surface area contributed by atoms with Gasteiger partial charge >= 0.3 is 19.4 Å². The highest BCUT2D eigenvalue weighted by molar-refractivity contribution is 6.13. The summed E-state index contributed by atoms with van der Waals surface area (Å²) in [6.07, 6.45) is 9.85. The molecule has 0 spiro atoms. The van der Waals surface area contributed by atoms with Gasteiger partial charge in [-0.1, -0.05) is 0 Å². The number of hydrogen-bond acceptors (Lipinski definition) is 28. The van der Waals surface area contributed by atoms with Crippen molar-refractivity contribution in [3.8, 4) is 103 Å². The van der Waals surface area contributed by atoms with Crippen LogP contribution in [-0.4, -0.2) is 189 Å². The standard InChI is InChI=1S/C25H27N5O4.C22H18F4N4O3.C22H19F3N4O4.C21H18F2N4O4/c1-15-23-19(5-6-20(28-23)16-12-21(33-2)24(34-3)27-13-16)25(32)30(15)17-4-7-22(26-14-17)29-10-8-18(31)9-11-29;1-11-5-16(13-6-15(9-27-8-13)33-22(25)26)29-20-12(2)30(21(31)19(11)20)14-3-4-28-18(7-14)32-10-17(23)24;1-12-4-16(13-5-18(31-2)20(32-3)27-7-13)28-17-10-29(21(30)19(12)17)14-6-15(9-26-8-14)33-11-22(23,24)25;1-11-4-15(12-5-17(29-2)19(30-3)25-7-12)26-16-10-27(20(28)18(11)16)13-6-14(9-24-8-13)31-21(22)23/h4-7,12-15,18,31H,8-11H2,1-3H3;3-9,12,17,22H,10H2,1-2H3;4-9H,10-11H2,1-3H3;4-9,21H,10H2,1-3H3. The van der Waals surface area contributed by atoms with E-state index in [0.29, 0.717) is 148 Å². The minimum absolute atomic E-state index is 0.0314. The largest absolute Gasteiger partial charge is 0.491 e. The predicted octanol–water partition coefficient (Wildman–Crippen LogP) is 15.6. The molecule has 1 saturated heterocycles. The SMILES string of the molecule is COc1cc(-c2cc(C)c3c(n2)CN(c2cncc(OC(F)F)c2)C3=O)cnc1OC.COc1cc(-c2cc(C)c3c(n2)CN(c2cncc(OCC(F)(F)F)c2)C3=O)cnc1OC.COc1cc(-c2ccc3c(n2)C(C)N(c2ccc(N4CCC(O)CC4)nc2)C3=O)cnc1OC.Cc1cc(-c2cncc(OC(F)F)c2)nc2c1C(=O)N(c1ccnc(OCC(F)F)c1)C2C. The highest BCUT2D eigenvalue weighted by Crippen LogP contribution is 2.44. The van der Waals surface area contributed by atoms with Crippen molar-refractivity contribution in [2.75, 3.05) is 93.5 Å². The van der Waals surface area contributed by atoms with E-state index in [1.54, 1.807) is 101 Å². The number of amides is 4. The second-order valence-corrected chi connectivity index (χ2v) is 29.8. The van der Waals surface area contributed by atoms with Crippen LogP contribution in [0, 0.1) is 20.8 Å². The molecule has 0 bridgehead atoms. The second-order valence-electron chi connectivity index (χ2n) is 29.8. The van der Waals surface area contributed by atoms with Gasteiger partial charge in [0.05, 0.1) is 202 Å². The second kappa shape index (κ2) is 39.6. The number of halogens is 9. The van der Waals surface area contributed by atoms with Crippen LogP contribution in [0.1, 0.15) is 120 Å². The summed E-state index contributed by atoms with van der Waals surface area (Å²) in [4.78, 5) is 112. The topological polar surface area (TPSA) is 352 Å². The van der Waals surface area contributed by atoms with E-state index in [2.05, 4.69) is 69.2 Å². The van der Waals surface area contributed by atoms with E-state index < -0.39 is 45.1 Å². The summed E-state index contributed by atoms with van der Waals surface area (Å²) in [5.41, 5.74) is 13.0. The molecule has 41 heteroatoms. The van der Waals surface area contributed by atoms with Gasteiger partial charge in [0.2, 0.25) is 5.88 Å². The molecule has 12 aromatic heterocycles. The van der Waals surface area contributed by atoms with E-state index in [1.165, 1.54) is 98.4 Å². The molecule has 12 aromatic rings. The van der Waals surface area contributed by atoms with Crippen molar-refractivity contribution >= 4 is 52.2 Å². The van der Waals surface area contributed by atoms with Gasteiger partial charge in [0, 0.05) is 84.5 Å². The van der Waals surface area contributed by atoms with E-state index in [4.69, 9.17) is 42.9 Å². The molecule has 4 amide bonds. The fourth-order valence-corrected chi connectivity index (χ4v) is 15.2. The Bertz CT molecular complexity index is 6270. The quantitative estimate of drug-likeness (QED) is 0.0549. The summed E-state index contributed by atoms with van der Waals surface area (Å²) in [5.74, 6) is 1.99. The highest BCUT2D eigenvalue weighted by Gasteiger charge is 2.41. The first-order valence-electron chi connectivity index (χ1n) is 40.2. The summed E-state index contributed by atoms with van der Waals surface area (Å²) in [6, 6.07) is 24.4.